The molecule has 0 N–H and O–H groups in total. The van der Waals surface area contributed by atoms with Crippen molar-refractivity contribution in [2.75, 3.05) is 0 Å². The summed E-state index contributed by atoms with van der Waals surface area (Å²) in [5.74, 6) is 0. The minimum absolute atomic E-state index is 0. The predicted molar refractivity (Wildman–Crippen MR) is 178 cm³/mol. The molecule has 0 aliphatic heterocycles. The van der Waals surface area contributed by atoms with Gasteiger partial charge < -0.3 is 17.0 Å². The van der Waals surface area contributed by atoms with E-state index in [9.17, 15) is 0 Å². The molecule has 0 saturated heterocycles. The minimum atomic E-state index is -2.17. The molecule has 0 saturated carbocycles. The van der Waals surface area contributed by atoms with Crippen LogP contribution < -0.4 is 32.9 Å². The largest absolute Gasteiger partial charge is 1.00 e. The highest BCUT2D eigenvalue weighted by Gasteiger charge is 2.46. The summed E-state index contributed by atoms with van der Waals surface area (Å²) in [6.45, 7) is 2.16. The van der Waals surface area contributed by atoms with E-state index in [1.165, 1.54) is 15.9 Å². The number of benzene rings is 5. The van der Waals surface area contributed by atoms with Gasteiger partial charge in [0.2, 0.25) is 0 Å². The average Bonchev–Trinajstić information content (AvgIpc) is 3.32. The lowest BCUT2D eigenvalue weighted by atomic mass is 10.1. The highest BCUT2D eigenvalue weighted by atomic mass is 79.9. The first-order chi connectivity index (χ1) is 20.0. The molecule has 2 nitrogen and oxygen atoms in total. The highest BCUT2D eigenvalue weighted by molar-refractivity contribution is 7.95. The second kappa shape index (κ2) is 13.2. The van der Waals surface area contributed by atoms with Gasteiger partial charge in [-0.05, 0) is 73.7 Å². The number of hydrogen-bond acceptors (Lipinski definition) is 1. The molecule has 0 aliphatic rings. The van der Waals surface area contributed by atoms with Crippen LogP contribution in [-0.4, -0.2) is 9.78 Å². The van der Waals surface area contributed by atoms with Crippen molar-refractivity contribution in [3.63, 3.8) is 0 Å². The van der Waals surface area contributed by atoms with Crippen LogP contribution in [0.4, 0.5) is 0 Å². The predicted octanol–water partition coefficient (Wildman–Crippen LogP) is 6.31. The van der Waals surface area contributed by atoms with E-state index in [2.05, 4.69) is 97.9 Å². The first kappa shape index (κ1) is 30.5. The van der Waals surface area contributed by atoms with Crippen molar-refractivity contribution in [1.82, 2.24) is 9.78 Å². The maximum Gasteiger partial charge on any atom is 0.118 e. The lowest BCUT2D eigenvalue weighted by Crippen LogP contribution is -3.00. The fraction of sp³-hybridized carbons (Fsp3) is 0.0571. The van der Waals surface area contributed by atoms with Gasteiger partial charge in [-0.1, -0.05) is 102 Å². The Hall–Kier alpha value is -2.91. The van der Waals surface area contributed by atoms with E-state index >= 15 is 0 Å². The molecule has 0 radical (unpaired) electrons. The number of halogens is 4. The first-order valence-corrected chi connectivity index (χ1v) is 16.4. The second-order valence-electron chi connectivity index (χ2n) is 9.91. The summed E-state index contributed by atoms with van der Waals surface area (Å²) in [6, 6.07) is 46.0. The summed E-state index contributed by atoms with van der Waals surface area (Å²) < 4.78 is 1.96. The second-order valence-corrected chi connectivity index (χ2v) is 14.7. The lowest BCUT2D eigenvalue weighted by molar-refractivity contribution is -0.00000777. The van der Waals surface area contributed by atoms with Gasteiger partial charge in [-0.15, -0.1) is 0 Å². The molecule has 0 fully saturated rings. The summed E-state index contributed by atoms with van der Waals surface area (Å²) in [5, 5.41) is 11.0. The molecule has 0 bridgehead atoms. The SMILES string of the molecule is Cc1c(C[P+](c2ccccc2)(c2ccccc2)c2ccccc2)nn(-c2ccc(Cl)cc2Cl)c1-c1ccc(Cl)cc1.[Br-]. The van der Waals surface area contributed by atoms with E-state index < -0.39 is 7.26 Å². The van der Waals surface area contributed by atoms with Gasteiger partial charge in [0.1, 0.15) is 35.0 Å². The zero-order chi connectivity index (χ0) is 28.4. The summed E-state index contributed by atoms with van der Waals surface area (Å²) in [4.78, 5) is 0. The number of hydrogen-bond donors (Lipinski definition) is 0. The molecule has 42 heavy (non-hydrogen) atoms. The van der Waals surface area contributed by atoms with Crippen LogP contribution >= 0.6 is 42.1 Å². The van der Waals surface area contributed by atoms with Crippen molar-refractivity contribution in [2.24, 2.45) is 0 Å². The van der Waals surface area contributed by atoms with Gasteiger partial charge in [-0.3, -0.25) is 0 Å². The van der Waals surface area contributed by atoms with Gasteiger partial charge in [-0.25, -0.2) is 4.68 Å². The Morgan fingerprint density at radius 3 is 1.57 bits per heavy atom. The molecule has 0 spiro atoms. The molecule has 0 amide bonds. The van der Waals surface area contributed by atoms with Gasteiger partial charge in [0.15, 0.2) is 0 Å². The molecule has 6 rings (SSSR count). The van der Waals surface area contributed by atoms with Crippen LogP contribution in [0.25, 0.3) is 16.9 Å². The Balaban J connectivity index is 0.00000353. The van der Waals surface area contributed by atoms with E-state index in [1.54, 1.807) is 6.07 Å². The van der Waals surface area contributed by atoms with Crippen molar-refractivity contribution in [3.05, 3.63) is 160 Å². The summed E-state index contributed by atoms with van der Waals surface area (Å²) in [7, 11) is -2.17. The van der Waals surface area contributed by atoms with Gasteiger partial charge in [0.25, 0.3) is 0 Å². The van der Waals surface area contributed by atoms with Gasteiger partial charge in [0, 0.05) is 21.2 Å². The molecule has 5 aromatic carbocycles. The van der Waals surface area contributed by atoms with Crippen LogP contribution in [0.1, 0.15) is 11.3 Å². The van der Waals surface area contributed by atoms with Crippen LogP contribution in [-0.2, 0) is 6.16 Å². The fourth-order valence-electron chi connectivity index (χ4n) is 5.46. The number of aromatic nitrogens is 2. The maximum absolute atomic E-state index is 6.77. The van der Waals surface area contributed by atoms with Gasteiger partial charge >= 0.3 is 0 Å². The van der Waals surface area contributed by atoms with E-state index in [0.717, 1.165) is 34.4 Å². The highest BCUT2D eigenvalue weighted by Crippen LogP contribution is 2.58. The van der Waals surface area contributed by atoms with Crippen LogP contribution in [0.5, 0.6) is 0 Å². The quantitative estimate of drug-likeness (QED) is 0.180. The Kier molecular flexibility index (Phi) is 9.57. The summed E-state index contributed by atoms with van der Waals surface area (Å²) in [5.41, 5.74) is 4.89. The fourth-order valence-corrected chi connectivity index (χ4v) is 10.3. The topological polar surface area (TPSA) is 17.8 Å². The normalized spacial score (nSPS) is 11.2. The summed E-state index contributed by atoms with van der Waals surface area (Å²) in [6.07, 6.45) is 0.746. The molecule has 6 aromatic rings. The number of nitrogens with zero attached hydrogens (tertiary/aromatic N) is 2. The standard InChI is InChI=1S/C35H27Cl3N2P.BrH/c1-25-33(39-40(34-22-21-28(37)23-32(34)38)35(25)26-17-19-27(36)20-18-26)24-41(29-11-5-2-6-12-29,30-13-7-3-8-14-30)31-15-9-4-10-16-31;/h2-23H,24H2,1H3;1H/q+1;/p-1. The lowest BCUT2D eigenvalue weighted by Gasteiger charge is -2.27. The summed E-state index contributed by atoms with van der Waals surface area (Å²) >= 11 is 19.3. The van der Waals surface area contributed by atoms with E-state index in [-0.39, 0.29) is 17.0 Å². The average molecular weight is 693 g/mol. The van der Waals surface area contributed by atoms with Crippen LogP contribution in [0.15, 0.2) is 133 Å². The Morgan fingerprint density at radius 2 is 1.10 bits per heavy atom. The Morgan fingerprint density at radius 1 is 0.619 bits per heavy atom. The molecule has 0 atom stereocenters. The van der Waals surface area contributed by atoms with Gasteiger partial charge in [-0.2, -0.15) is 5.10 Å². The van der Waals surface area contributed by atoms with Crippen molar-refractivity contribution in [1.29, 1.82) is 0 Å². The van der Waals surface area contributed by atoms with Crippen molar-refractivity contribution in [2.45, 2.75) is 13.1 Å². The van der Waals surface area contributed by atoms with Gasteiger partial charge in [0.05, 0.1) is 16.4 Å². The smallest absolute Gasteiger partial charge is 0.118 e. The maximum atomic E-state index is 6.77. The molecule has 7 heteroatoms. The monoisotopic (exact) mass is 690 g/mol. The van der Waals surface area contributed by atoms with Crippen molar-refractivity contribution < 1.29 is 17.0 Å². The Labute approximate surface area is 273 Å². The van der Waals surface area contributed by atoms with E-state index in [1.807, 2.05) is 41.1 Å². The Bertz CT molecular complexity index is 1700. The molecule has 1 heterocycles. The van der Waals surface area contributed by atoms with Crippen molar-refractivity contribution in [3.8, 4) is 16.9 Å². The first-order valence-electron chi connectivity index (χ1n) is 13.3. The zero-order valence-electron chi connectivity index (χ0n) is 22.8. The molecule has 1 aromatic heterocycles. The molecule has 0 aliphatic carbocycles. The van der Waals surface area contributed by atoms with Crippen LogP contribution in [0, 0.1) is 6.92 Å². The number of rotatable bonds is 7. The van der Waals surface area contributed by atoms with E-state index in [4.69, 9.17) is 39.9 Å². The molecule has 210 valence electrons. The third kappa shape index (κ3) is 5.82. The molecular weight excluding hydrogens is 666 g/mol. The third-order valence-electron chi connectivity index (χ3n) is 7.45. The van der Waals surface area contributed by atoms with E-state index in [0.29, 0.717) is 15.1 Å². The third-order valence-corrected chi connectivity index (χ3v) is 12.6. The van der Waals surface area contributed by atoms with Crippen LogP contribution in [0.2, 0.25) is 15.1 Å². The van der Waals surface area contributed by atoms with Crippen LogP contribution in [0.3, 0.4) is 0 Å². The molecular formula is C35H27BrCl3N2P. The minimum Gasteiger partial charge on any atom is -1.00 e. The zero-order valence-corrected chi connectivity index (χ0v) is 27.5. The molecule has 0 unspecified atom stereocenters. The van der Waals surface area contributed by atoms with Crippen molar-refractivity contribution >= 4 is 58.0 Å².